The molecular formula is C36H50N2O7. The monoisotopic (exact) mass is 622 g/mol. The molecule has 4 N–H and O–H groups in total. The van der Waals surface area contributed by atoms with Crippen LogP contribution in [0.15, 0.2) is 66.3 Å². The van der Waals surface area contributed by atoms with Gasteiger partial charge in [-0.3, -0.25) is 9.59 Å². The minimum Gasteiger partial charge on any atom is -0.508 e. The average Bonchev–Trinajstić information content (AvgIpc) is 3.01. The Labute approximate surface area is 267 Å². The molecule has 5 atom stereocenters. The fourth-order valence-electron chi connectivity index (χ4n) is 5.72. The maximum absolute atomic E-state index is 13.2. The molecule has 1 saturated carbocycles. The van der Waals surface area contributed by atoms with Crippen LogP contribution in [-0.4, -0.2) is 59.5 Å². The highest BCUT2D eigenvalue weighted by molar-refractivity contribution is 5.91. The van der Waals surface area contributed by atoms with E-state index in [9.17, 15) is 24.6 Å². The second kappa shape index (κ2) is 18.3. The van der Waals surface area contributed by atoms with E-state index in [0.29, 0.717) is 24.9 Å². The quantitative estimate of drug-likeness (QED) is 0.245. The van der Waals surface area contributed by atoms with Crippen LogP contribution in [0.4, 0.5) is 5.69 Å². The molecule has 0 aromatic heterocycles. The van der Waals surface area contributed by atoms with Crippen molar-refractivity contribution in [2.24, 2.45) is 11.8 Å². The molecule has 3 rings (SSSR count). The van der Waals surface area contributed by atoms with Gasteiger partial charge in [-0.2, -0.15) is 0 Å². The molecule has 9 heteroatoms. The van der Waals surface area contributed by atoms with Crippen LogP contribution in [0.3, 0.4) is 0 Å². The maximum Gasteiger partial charge on any atom is 0.328 e. The van der Waals surface area contributed by atoms with Gasteiger partial charge in [0.2, 0.25) is 11.8 Å². The number of hydrogen-bond acceptors (Lipinski definition) is 7. The van der Waals surface area contributed by atoms with Crippen LogP contribution < -0.4 is 10.6 Å². The lowest BCUT2D eigenvalue weighted by Gasteiger charge is -2.30. The first-order valence-corrected chi connectivity index (χ1v) is 16.1. The average molecular weight is 623 g/mol. The molecule has 45 heavy (non-hydrogen) atoms. The lowest BCUT2D eigenvalue weighted by molar-refractivity contribution is -0.155. The Bertz CT molecular complexity index is 1260. The number of allylic oxidation sites excluding steroid dienone is 5. The number of anilines is 1. The predicted octanol–water partition coefficient (Wildman–Crippen LogP) is 5.68. The van der Waals surface area contributed by atoms with Gasteiger partial charge in [0.25, 0.3) is 0 Å². The lowest BCUT2D eigenvalue weighted by atomic mass is 9.88. The SMILES string of the molecule is COC1C=C/C=C\C=C/CC(O)C(C)C(OC(=O)C(C)NC(=O)C2CCCCC2)/C(C)=C\CCc2cc(O)cc(c2)NC(=O)C1. The normalized spacial score (nSPS) is 27.5. The number of benzene rings is 1. The Morgan fingerprint density at radius 2 is 1.80 bits per heavy atom. The van der Waals surface area contributed by atoms with Crippen molar-refractivity contribution in [1.82, 2.24) is 5.32 Å². The minimum absolute atomic E-state index is 0.0375. The Hall–Kier alpha value is -3.69. The summed E-state index contributed by atoms with van der Waals surface area (Å²) in [5.74, 6) is -1.37. The van der Waals surface area contributed by atoms with Crippen LogP contribution in [0.25, 0.3) is 0 Å². The lowest BCUT2D eigenvalue weighted by Crippen LogP contribution is -2.45. The number of methoxy groups -OCH3 is 1. The van der Waals surface area contributed by atoms with E-state index >= 15 is 0 Å². The van der Waals surface area contributed by atoms with Crippen LogP contribution in [0.1, 0.15) is 77.7 Å². The fraction of sp³-hybridized carbons (Fsp3) is 0.528. The van der Waals surface area contributed by atoms with E-state index in [-0.39, 0.29) is 29.9 Å². The molecule has 0 spiro atoms. The van der Waals surface area contributed by atoms with Crippen molar-refractivity contribution in [3.05, 3.63) is 71.9 Å². The highest BCUT2D eigenvalue weighted by Gasteiger charge is 2.31. The second-order valence-electron chi connectivity index (χ2n) is 12.2. The molecule has 1 aromatic rings. The van der Waals surface area contributed by atoms with Gasteiger partial charge >= 0.3 is 5.97 Å². The number of carbonyl (C=O) groups is 3. The standard InChI is InChI=1S/C36H50N2O7/c1-24-14-13-15-27-20-29(22-30(39)21-27)38-33(41)23-31(44-4)18-11-6-5-7-12-19-32(40)25(2)34(24)45-36(43)26(3)37-35(42)28-16-9-8-10-17-28/h5-7,11-12,14,18,20-22,25-26,28,31-32,34,39-40H,8-10,13,15-17,19,23H2,1-4H3,(H,37,42)(H,38,41)/b6-5-,12-7-,18-11?,24-14-. The van der Waals surface area contributed by atoms with Crippen molar-refractivity contribution >= 4 is 23.5 Å². The molecule has 1 aromatic carbocycles. The molecule has 5 unspecified atom stereocenters. The Balaban J connectivity index is 1.81. The third kappa shape index (κ3) is 12.0. The Morgan fingerprint density at radius 3 is 2.53 bits per heavy atom. The van der Waals surface area contributed by atoms with E-state index in [4.69, 9.17) is 9.47 Å². The molecule has 1 fully saturated rings. The summed E-state index contributed by atoms with van der Waals surface area (Å²) in [6, 6.07) is 4.14. The maximum atomic E-state index is 13.2. The number of aryl methyl sites for hydroxylation is 1. The smallest absolute Gasteiger partial charge is 0.328 e. The number of nitrogens with one attached hydrogen (secondary N) is 2. The van der Waals surface area contributed by atoms with Gasteiger partial charge in [-0.1, -0.05) is 68.7 Å². The van der Waals surface area contributed by atoms with Crippen LogP contribution in [0.2, 0.25) is 0 Å². The zero-order valence-electron chi connectivity index (χ0n) is 27.0. The minimum atomic E-state index is -0.821. The van der Waals surface area contributed by atoms with Crippen LogP contribution >= 0.6 is 0 Å². The number of phenolic OH excluding ortho intramolecular Hbond substituents is 1. The summed E-state index contributed by atoms with van der Waals surface area (Å²) in [5.41, 5.74) is 2.08. The Kier molecular flexibility index (Phi) is 14.6. The number of esters is 1. The molecule has 0 saturated heterocycles. The van der Waals surface area contributed by atoms with Gasteiger partial charge in [0.1, 0.15) is 17.9 Å². The van der Waals surface area contributed by atoms with E-state index in [1.165, 1.54) is 13.2 Å². The summed E-state index contributed by atoms with van der Waals surface area (Å²) < 4.78 is 11.4. The molecule has 9 nitrogen and oxygen atoms in total. The third-order valence-electron chi connectivity index (χ3n) is 8.49. The largest absolute Gasteiger partial charge is 0.508 e. The summed E-state index contributed by atoms with van der Waals surface area (Å²) in [4.78, 5) is 38.7. The molecule has 1 heterocycles. The van der Waals surface area contributed by atoms with Gasteiger partial charge in [0.05, 0.1) is 18.6 Å². The molecule has 2 amide bonds. The van der Waals surface area contributed by atoms with Crippen LogP contribution in [0, 0.1) is 11.8 Å². The molecule has 0 radical (unpaired) electrons. The second-order valence-corrected chi connectivity index (χ2v) is 12.2. The van der Waals surface area contributed by atoms with Crippen molar-refractivity contribution in [2.75, 3.05) is 12.4 Å². The summed E-state index contributed by atoms with van der Waals surface area (Å²) in [7, 11) is 1.54. The molecule has 2 bridgehead atoms. The van der Waals surface area contributed by atoms with Gasteiger partial charge in [-0.05, 0) is 69.2 Å². The molecule has 2 aliphatic rings. The predicted molar refractivity (Wildman–Crippen MR) is 175 cm³/mol. The summed E-state index contributed by atoms with van der Waals surface area (Å²) in [5, 5.41) is 27.1. The molecule has 246 valence electrons. The van der Waals surface area contributed by atoms with Gasteiger partial charge in [0.15, 0.2) is 0 Å². The van der Waals surface area contributed by atoms with Crippen molar-refractivity contribution in [2.45, 2.75) is 103 Å². The number of fused-ring (bicyclic) bond motifs is 2. The highest BCUT2D eigenvalue weighted by Crippen LogP contribution is 2.26. The van der Waals surface area contributed by atoms with Gasteiger partial charge in [-0.15, -0.1) is 0 Å². The van der Waals surface area contributed by atoms with Crippen LogP contribution in [0.5, 0.6) is 5.75 Å². The van der Waals surface area contributed by atoms with Crippen molar-refractivity contribution in [3.8, 4) is 5.75 Å². The number of aromatic hydroxyl groups is 1. The van der Waals surface area contributed by atoms with Gasteiger partial charge < -0.3 is 30.3 Å². The van der Waals surface area contributed by atoms with Crippen LogP contribution in [-0.2, 0) is 30.3 Å². The molecular weight excluding hydrogens is 572 g/mol. The van der Waals surface area contributed by atoms with Crippen molar-refractivity contribution < 1.29 is 34.1 Å². The summed E-state index contributed by atoms with van der Waals surface area (Å²) in [6.07, 6.45) is 17.3. The first-order valence-electron chi connectivity index (χ1n) is 16.1. The zero-order valence-corrected chi connectivity index (χ0v) is 27.0. The van der Waals surface area contributed by atoms with Gasteiger partial charge in [-0.25, -0.2) is 4.79 Å². The summed E-state index contributed by atoms with van der Waals surface area (Å²) in [6.45, 7) is 5.35. The van der Waals surface area contributed by atoms with Crippen molar-refractivity contribution in [1.29, 1.82) is 0 Å². The summed E-state index contributed by atoms with van der Waals surface area (Å²) >= 11 is 0. The number of aliphatic hydroxyl groups excluding tert-OH is 1. The number of rotatable bonds is 5. The van der Waals surface area contributed by atoms with E-state index in [0.717, 1.165) is 43.2 Å². The highest BCUT2D eigenvalue weighted by atomic mass is 16.5. The van der Waals surface area contributed by atoms with E-state index in [2.05, 4.69) is 10.6 Å². The molecule has 1 aliphatic carbocycles. The number of carbonyl (C=O) groups excluding carboxylic acids is 3. The fourth-order valence-corrected chi connectivity index (χ4v) is 5.72. The Morgan fingerprint density at radius 1 is 1.07 bits per heavy atom. The number of ether oxygens (including phenoxy) is 2. The van der Waals surface area contributed by atoms with E-state index in [1.807, 2.05) is 44.2 Å². The topological polar surface area (TPSA) is 134 Å². The number of aliphatic hydroxyl groups is 1. The molecule has 1 aliphatic heterocycles. The van der Waals surface area contributed by atoms with E-state index in [1.54, 1.807) is 31.2 Å². The first kappa shape index (κ1) is 35.8. The van der Waals surface area contributed by atoms with Gasteiger partial charge in [0, 0.05) is 30.7 Å². The van der Waals surface area contributed by atoms with E-state index < -0.39 is 36.2 Å². The third-order valence-corrected chi connectivity index (χ3v) is 8.49. The number of phenols is 1. The van der Waals surface area contributed by atoms with Crippen molar-refractivity contribution in [3.63, 3.8) is 0 Å². The first-order chi connectivity index (χ1) is 21.6. The zero-order chi connectivity index (χ0) is 32.8. The number of amides is 2. The number of hydrogen-bond donors (Lipinski definition) is 4.